The van der Waals surface area contributed by atoms with E-state index in [1.165, 1.54) is 12.5 Å². The van der Waals surface area contributed by atoms with Gasteiger partial charge in [0.05, 0.1) is 17.4 Å². The minimum absolute atomic E-state index is 0.0702. The number of nitrogens with zero attached hydrogens (tertiary/aromatic N) is 4. The van der Waals surface area contributed by atoms with E-state index in [-0.39, 0.29) is 24.0 Å². The topological polar surface area (TPSA) is 72.7 Å². The molecule has 2 aliphatic carbocycles. The van der Waals surface area contributed by atoms with E-state index in [9.17, 15) is 22.4 Å². The molecule has 1 N–H and O–H groups in total. The second kappa shape index (κ2) is 10.5. The van der Waals surface area contributed by atoms with Crippen molar-refractivity contribution in [2.45, 2.75) is 43.7 Å². The van der Waals surface area contributed by atoms with Crippen molar-refractivity contribution >= 4 is 16.7 Å². The van der Waals surface area contributed by atoms with Gasteiger partial charge in [0.1, 0.15) is 24.5 Å². The van der Waals surface area contributed by atoms with Crippen molar-refractivity contribution in [2.24, 2.45) is 5.92 Å². The van der Waals surface area contributed by atoms with Gasteiger partial charge < -0.3 is 9.88 Å². The predicted molar refractivity (Wildman–Crippen MR) is 148 cm³/mol. The van der Waals surface area contributed by atoms with E-state index in [1.807, 2.05) is 24.3 Å². The first-order chi connectivity index (χ1) is 21.1. The Hall–Kier alpha value is -4.74. The maximum atomic E-state index is 15.1. The first-order valence-electron chi connectivity index (χ1n) is 13.9. The molecule has 0 aliphatic heterocycles. The molecule has 5 aromatic rings. The number of hydrogen-bond donors (Lipinski definition) is 1. The lowest BCUT2D eigenvalue weighted by Gasteiger charge is -2.22. The Morgan fingerprint density at radius 2 is 1.82 bits per heavy atom. The van der Waals surface area contributed by atoms with Crippen LogP contribution in [0.5, 0.6) is 0 Å². The first kappa shape index (κ1) is 28.1. The van der Waals surface area contributed by atoms with Crippen LogP contribution in [0.3, 0.4) is 0 Å². The fourth-order valence-electron chi connectivity index (χ4n) is 6.41. The summed E-state index contributed by atoms with van der Waals surface area (Å²) in [6.07, 6.45) is 4.10. The number of alkyl halides is 4. The molecule has 224 valence electrons. The summed E-state index contributed by atoms with van der Waals surface area (Å²) in [5, 5.41) is 4.51. The van der Waals surface area contributed by atoms with Crippen LogP contribution in [-0.4, -0.2) is 25.4 Å². The molecule has 0 saturated heterocycles. The second-order valence-corrected chi connectivity index (χ2v) is 11.2. The highest BCUT2D eigenvalue weighted by Crippen LogP contribution is 2.68. The summed E-state index contributed by atoms with van der Waals surface area (Å²) in [6, 6.07) is 9.32. The summed E-state index contributed by atoms with van der Waals surface area (Å²) in [6.45, 7) is -0.665. The third-order valence-electron chi connectivity index (χ3n) is 8.36. The molecule has 3 heterocycles. The van der Waals surface area contributed by atoms with Crippen molar-refractivity contribution in [3.05, 3.63) is 113 Å². The van der Waals surface area contributed by atoms with E-state index in [2.05, 4.69) is 20.3 Å². The highest BCUT2D eigenvalue weighted by Gasteiger charge is 2.66. The molecule has 0 spiro atoms. The van der Waals surface area contributed by atoms with Gasteiger partial charge in [-0.2, -0.15) is 8.78 Å². The van der Waals surface area contributed by atoms with Crippen LogP contribution in [0.1, 0.15) is 52.9 Å². The summed E-state index contributed by atoms with van der Waals surface area (Å²) in [5.74, 6) is -7.44. The number of fused-ring (bicyclic) bond motifs is 4. The zero-order valence-electron chi connectivity index (χ0n) is 22.8. The van der Waals surface area contributed by atoms with Gasteiger partial charge in [0, 0.05) is 53.3 Å². The molecular formula is C32H23F6N5O. The maximum Gasteiger partial charge on any atom is 0.291 e. The van der Waals surface area contributed by atoms with Crippen molar-refractivity contribution in [1.82, 2.24) is 24.8 Å². The molecule has 2 aliphatic rings. The van der Waals surface area contributed by atoms with E-state index in [4.69, 9.17) is 0 Å². The van der Waals surface area contributed by atoms with Gasteiger partial charge >= 0.3 is 0 Å². The summed E-state index contributed by atoms with van der Waals surface area (Å²) < 4.78 is 87.0. The quantitative estimate of drug-likeness (QED) is 0.193. The molecule has 44 heavy (non-hydrogen) atoms. The summed E-state index contributed by atoms with van der Waals surface area (Å²) in [4.78, 5) is 26.1. The van der Waals surface area contributed by atoms with Gasteiger partial charge in [0.15, 0.2) is 0 Å². The Balaban J connectivity index is 1.25. The van der Waals surface area contributed by atoms with Gasteiger partial charge in [0.25, 0.3) is 12.3 Å². The number of pyridine rings is 1. The van der Waals surface area contributed by atoms with Gasteiger partial charge in [-0.1, -0.05) is 12.1 Å². The van der Waals surface area contributed by atoms with Crippen LogP contribution in [-0.2, 0) is 23.7 Å². The molecule has 7 rings (SSSR count). The van der Waals surface area contributed by atoms with Crippen LogP contribution in [0.15, 0.2) is 73.6 Å². The first-order valence-corrected chi connectivity index (χ1v) is 13.9. The third kappa shape index (κ3) is 4.87. The predicted octanol–water partition coefficient (Wildman–Crippen LogP) is 7.02. The molecule has 6 nitrogen and oxygen atoms in total. The van der Waals surface area contributed by atoms with Crippen molar-refractivity contribution in [1.29, 1.82) is 0 Å². The van der Waals surface area contributed by atoms with Crippen LogP contribution in [0.4, 0.5) is 26.3 Å². The van der Waals surface area contributed by atoms with Gasteiger partial charge in [-0.05, 0) is 65.1 Å². The lowest BCUT2D eigenvalue weighted by atomic mass is 9.95. The Morgan fingerprint density at radius 3 is 2.59 bits per heavy atom. The zero-order chi connectivity index (χ0) is 30.7. The van der Waals surface area contributed by atoms with Crippen LogP contribution in [0.2, 0.25) is 0 Å². The van der Waals surface area contributed by atoms with E-state index >= 15 is 8.78 Å². The van der Waals surface area contributed by atoms with Crippen LogP contribution >= 0.6 is 0 Å². The van der Waals surface area contributed by atoms with Gasteiger partial charge in [0.2, 0.25) is 5.91 Å². The van der Waals surface area contributed by atoms with E-state index in [0.717, 1.165) is 39.7 Å². The summed E-state index contributed by atoms with van der Waals surface area (Å²) >= 11 is 0. The third-order valence-corrected chi connectivity index (χ3v) is 8.36. The molecule has 3 aromatic heterocycles. The summed E-state index contributed by atoms with van der Waals surface area (Å²) in [5.41, 5.74) is 0.600. The lowest BCUT2D eigenvalue weighted by Crippen LogP contribution is -2.34. The molecule has 1 saturated carbocycles. The lowest BCUT2D eigenvalue weighted by molar-refractivity contribution is -0.122. The van der Waals surface area contributed by atoms with Gasteiger partial charge in [-0.15, -0.1) is 0 Å². The molecule has 0 bridgehead atoms. The molecule has 1 amide bonds. The fraction of sp³-hybridized carbons (Fsp3) is 0.250. The molecule has 0 radical (unpaired) electrons. The van der Waals surface area contributed by atoms with Crippen molar-refractivity contribution in [3.63, 3.8) is 0 Å². The van der Waals surface area contributed by atoms with Crippen LogP contribution < -0.4 is 5.32 Å². The number of halogens is 6. The molecular weight excluding hydrogens is 584 g/mol. The normalized spacial score (nSPS) is 18.7. The number of carbonyl (C=O) groups excluding carboxylic acids is 1. The second-order valence-electron chi connectivity index (χ2n) is 11.2. The number of amides is 1. The Labute approximate surface area is 246 Å². The van der Waals surface area contributed by atoms with Gasteiger partial charge in [-0.25, -0.2) is 27.5 Å². The minimum Gasteiger partial charge on any atom is -0.346 e. The highest BCUT2D eigenvalue weighted by atomic mass is 19.3. The summed E-state index contributed by atoms with van der Waals surface area (Å²) in [7, 11) is 0. The fourth-order valence-corrected chi connectivity index (χ4v) is 6.41. The number of hydrogen-bond acceptors (Lipinski definition) is 4. The SMILES string of the molecule is O=C(Cn1cc(C(F)F)c2c1C(F)(F)C1CC21)N[C@@H](Cc1cc(F)cc(F)c1)c1ncncc1-c1ccc2cnccc2c1. The van der Waals surface area contributed by atoms with Crippen LogP contribution in [0, 0.1) is 17.6 Å². The number of rotatable bonds is 8. The van der Waals surface area contributed by atoms with Crippen molar-refractivity contribution in [2.75, 3.05) is 0 Å². The molecule has 12 heteroatoms. The Kier molecular flexibility index (Phi) is 6.67. The van der Waals surface area contributed by atoms with Crippen molar-refractivity contribution in [3.8, 4) is 11.1 Å². The molecule has 2 unspecified atom stereocenters. The van der Waals surface area contributed by atoms with Crippen molar-refractivity contribution < 1.29 is 31.1 Å². The van der Waals surface area contributed by atoms with Crippen LogP contribution in [0.25, 0.3) is 21.9 Å². The monoisotopic (exact) mass is 607 g/mol. The van der Waals surface area contributed by atoms with E-state index in [1.54, 1.807) is 12.4 Å². The Bertz CT molecular complexity index is 1900. The molecule has 2 aromatic carbocycles. The zero-order valence-corrected chi connectivity index (χ0v) is 22.8. The number of nitrogens with one attached hydrogen (secondary N) is 1. The number of benzene rings is 2. The molecule has 3 atom stereocenters. The average Bonchev–Trinajstić information content (AvgIpc) is 3.64. The van der Waals surface area contributed by atoms with E-state index < -0.39 is 65.6 Å². The largest absolute Gasteiger partial charge is 0.346 e. The van der Waals surface area contributed by atoms with Gasteiger partial charge in [-0.3, -0.25) is 9.78 Å². The maximum absolute atomic E-state index is 15.1. The standard InChI is InChI=1S/C32H23F6N5O/c33-20-5-16(6-21(34)9-20)7-26(29-23(12-40-15-41-29)18-1-2-19-11-39-4-3-17(19)8-18)42-27(44)14-43-13-24(31(35)36)28-22-10-25(22)32(37,38)30(28)43/h1-6,8-9,11-13,15,22,25-26,31H,7,10,14H2,(H,42,44)/t22?,25?,26-/m0/s1. The number of aromatic nitrogens is 4. The number of carbonyl (C=O) groups is 1. The average molecular weight is 608 g/mol. The minimum atomic E-state index is -3.34. The highest BCUT2D eigenvalue weighted by molar-refractivity contribution is 5.87. The Morgan fingerprint density at radius 1 is 1.02 bits per heavy atom. The smallest absolute Gasteiger partial charge is 0.291 e. The molecule has 1 fully saturated rings. The van der Waals surface area contributed by atoms with E-state index in [0.29, 0.717) is 16.8 Å².